The van der Waals surface area contributed by atoms with Crippen LogP contribution in [-0.2, 0) is 0 Å². The highest BCUT2D eigenvalue weighted by Crippen LogP contribution is 2.54. The topological polar surface area (TPSA) is 29.1 Å². The Morgan fingerprint density at radius 1 is 0.579 bits per heavy atom. The molecule has 0 saturated carbocycles. The van der Waals surface area contributed by atoms with Crippen LogP contribution in [0, 0.1) is 0 Å². The van der Waals surface area contributed by atoms with E-state index >= 15 is 0 Å². The van der Waals surface area contributed by atoms with Crippen LogP contribution in [0.4, 0.5) is 5.69 Å². The molecule has 1 N–H and O–H groups in total. The molecular weight excluding hydrogens is 481 g/mol. The van der Waals surface area contributed by atoms with Gasteiger partial charge in [0, 0.05) is 23.1 Å². The highest BCUT2D eigenvalue weighted by Gasteiger charge is 2.38. The Morgan fingerprint density at radius 2 is 1.13 bits per heavy atom. The van der Waals surface area contributed by atoms with Gasteiger partial charge in [-0.1, -0.05) is 115 Å². The monoisotopic (exact) mass is 509 g/mol. The minimum absolute atomic E-state index is 0.0388. The summed E-state index contributed by atoms with van der Waals surface area (Å²) in [7, 11) is -0.884. The molecule has 0 heterocycles. The second kappa shape index (κ2) is 9.71. The number of benzene rings is 5. The van der Waals surface area contributed by atoms with Crippen LogP contribution in [0.3, 0.4) is 0 Å². The fraction of sp³-hybridized carbons (Fsp3) is 0.114. The lowest BCUT2D eigenvalue weighted by Gasteiger charge is -2.41. The van der Waals surface area contributed by atoms with Crippen molar-refractivity contribution in [1.82, 2.24) is 0 Å². The van der Waals surface area contributed by atoms with Crippen LogP contribution < -0.4 is 21.2 Å². The van der Waals surface area contributed by atoms with Crippen LogP contribution in [0.2, 0.25) is 0 Å². The van der Waals surface area contributed by atoms with E-state index in [0.29, 0.717) is 11.8 Å². The molecule has 3 aliphatic rings. The van der Waals surface area contributed by atoms with Crippen LogP contribution in [0.5, 0.6) is 0 Å². The molecule has 0 saturated heterocycles. The van der Waals surface area contributed by atoms with Gasteiger partial charge in [-0.2, -0.15) is 0 Å². The molecule has 0 aromatic heterocycles. The van der Waals surface area contributed by atoms with Gasteiger partial charge in [-0.15, -0.1) is 0 Å². The first kappa shape index (κ1) is 23.1. The number of fused-ring (bicyclic) bond motifs is 1. The Bertz CT molecular complexity index is 1590. The number of hydrogen-bond acceptors (Lipinski definition) is 1. The van der Waals surface area contributed by atoms with Crippen molar-refractivity contribution in [3.8, 4) is 0 Å². The maximum atomic E-state index is 14.0. The quantitative estimate of drug-likeness (QED) is 0.252. The number of carbonyl (C=O) groups excluding carboxylic acids is 1. The van der Waals surface area contributed by atoms with E-state index < -0.39 is 7.92 Å². The second-order valence-electron chi connectivity index (χ2n) is 10.1. The van der Waals surface area contributed by atoms with Crippen LogP contribution in [0.15, 0.2) is 127 Å². The van der Waals surface area contributed by atoms with E-state index in [1.165, 1.54) is 39.3 Å². The third-order valence-corrected chi connectivity index (χ3v) is 10.5. The Labute approximate surface area is 225 Å². The van der Waals surface area contributed by atoms with Crippen molar-refractivity contribution >= 4 is 35.4 Å². The standard InChI is InChI=1S/C35H28NOP/c37-35(36-32-20-11-19-29-28-22-23-30(34(29)32)27-17-8-7-16-26(27)28)31-18-9-10-21-33(31)38(24-12-3-1-4-13-24)25-14-5-2-6-15-25/h1-21,28,30H,22-23H2,(H,36,37). The smallest absolute Gasteiger partial charge is 0.256 e. The van der Waals surface area contributed by atoms with Gasteiger partial charge in [-0.25, -0.2) is 0 Å². The third kappa shape index (κ3) is 3.88. The predicted octanol–water partition coefficient (Wildman–Crippen LogP) is 7.07. The maximum absolute atomic E-state index is 14.0. The summed E-state index contributed by atoms with van der Waals surface area (Å²) in [6.45, 7) is 0. The van der Waals surface area contributed by atoms with E-state index in [9.17, 15) is 4.79 Å². The fourth-order valence-electron chi connectivity index (χ4n) is 6.43. The summed E-state index contributed by atoms with van der Waals surface area (Å²) >= 11 is 0. The average Bonchev–Trinajstić information content (AvgIpc) is 2.99. The molecule has 2 bridgehead atoms. The number of anilines is 1. The van der Waals surface area contributed by atoms with Crippen molar-refractivity contribution in [2.45, 2.75) is 24.7 Å². The first-order chi connectivity index (χ1) is 18.8. The molecule has 38 heavy (non-hydrogen) atoms. The molecule has 184 valence electrons. The number of nitrogens with one attached hydrogen (secondary N) is 1. The lowest BCUT2D eigenvalue weighted by atomic mass is 9.63. The van der Waals surface area contributed by atoms with Crippen LogP contribution >= 0.6 is 7.92 Å². The largest absolute Gasteiger partial charge is 0.322 e. The lowest BCUT2D eigenvalue weighted by Crippen LogP contribution is -2.29. The van der Waals surface area contributed by atoms with Crippen molar-refractivity contribution in [3.63, 3.8) is 0 Å². The van der Waals surface area contributed by atoms with E-state index in [4.69, 9.17) is 0 Å². The zero-order valence-electron chi connectivity index (χ0n) is 21.0. The number of rotatable bonds is 5. The number of hydrogen-bond donors (Lipinski definition) is 1. The third-order valence-electron chi connectivity index (χ3n) is 8.02. The molecule has 0 fully saturated rings. The number of amides is 1. The minimum atomic E-state index is -0.884. The lowest BCUT2D eigenvalue weighted by molar-refractivity contribution is 0.102. The van der Waals surface area contributed by atoms with Crippen LogP contribution in [0.25, 0.3) is 0 Å². The van der Waals surface area contributed by atoms with E-state index in [1.807, 2.05) is 30.3 Å². The zero-order valence-corrected chi connectivity index (χ0v) is 21.9. The minimum Gasteiger partial charge on any atom is -0.322 e. The molecule has 0 radical (unpaired) electrons. The normalized spacial score (nSPS) is 17.1. The molecule has 2 nitrogen and oxygen atoms in total. The molecule has 5 aromatic carbocycles. The fourth-order valence-corrected chi connectivity index (χ4v) is 8.88. The Balaban J connectivity index is 1.29. The molecule has 8 rings (SSSR count). The maximum Gasteiger partial charge on any atom is 0.256 e. The summed E-state index contributed by atoms with van der Waals surface area (Å²) < 4.78 is 0. The van der Waals surface area contributed by atoms with E-state index in [0.717, 1.165) is 23.0 Å². The summed E-state index contributed by atoms with van der Waals surface area (Å²) in [4.78, 5) is 14.0. The van der Waals surface area contributed by atoms with E-state index in [-0.39, 0.29) is 5.91 Å². The summed E-state index contributed by atoms with van der Waals surface area (Å²) in [6, 6.07) is 44.5. The van der Waals surface area contributed by atoms with Crippen molar-refractivity contribution < 1.29 is 4.79 Å². The summed E-state index contributed by atoms with van der Waals surface area (Å²) in [5.41, 5.74) is 7.26. The highest BCUT2D eigenvalue weighted by atomic mass is 31.1. The summed E-state index contributed by atoms with van der Waals surface area (Å²) in [6.07, 6.45) is 2.30. The zero-order chi connectivity index (χ0) is 25.5. The van der Waals surface area contributed by atoms with Gasteiger partial charge in [-0.05, 0) is 71.1 Å². The predicted molar refractivity (Wildman–Crippen MR) is 159 cm³/mol. The van der Waals surface area contributed by atoms with E-state index in [1.54, 1.807) is 0 Å². The Hall–Kier alpha value is -4.00. The molecule has 0 spiro atoms. The molecule has 2 unspecified atom stereocenters. The molecule has 2 atom stereocenters. The molecule has 3 aliphatic carbocycles. The van der Waals surface area contributed by atoms with Crippen LogP contribution in [0.1, 0.15) is 57.3 Å². The van der Waals surface area contributed by atoms with Gasteiger partial charge < -0.3 is 5.32 Å². The highest BCUT2D eigenvalue weighted by molar-refractivity contribution is 7.80. The van der Waals surface area contributed by atoms with Gasteiger partial charge in [0.2, 0.25) is 0 Å². The van der Waals surface area contributed by atoms with Gasteiger partial charge in [0.1, 0.15) is 0 Å². The Morgan fingerprint density at radius 3 is 1.84 bits per heavy atom. The van der Waals surface area contributed by atoms with Gasteiger partial charge in [-0.3, -0.25) is 4.79 Å². The SMILES string of the molecule is O=C(Nc1cccc2c1C1CCC2c2ccccc21)c1ccccc1P(c1ccccc1)c1ccccc1. The molecule has 1 amide bonds. The van der Waals surface area contributed by atoms with Crippen molar-refractivity contribution in [2.24, 2.45) is 0 Å². The van der Waals surface area contributed by atoms with E-state index in [2.05, 4.69) is 102 Å². The van der Waals surface area contributed by atoms with Gasteiger partial charge in [0.25, 0.3) is 5.91 Å². The van der Waals surface area contributed by atoms with Gasteiger partial charge >= 0.3 is 0 Å². The number of carbonyl (C=O) groups is 1. The van der Waals surface area contributed by atoms with Gasteiger partial charge in [0.05, 0.1) is 0 Å². The van der Waals surface area contributed by atoms with Crippen molar-refractivity contribution in [2.75, 3.05) is 5.32 Å². The molecule has 0 aliphatic heterocycles. The molecular formula is C35H28NOP. The summed E-state index contributed by atoms with van der Waals surface area (Å²) in [5.74, 6) is 0.714. The second-order valence-corrected chi connectivity index (χ2v) is 12.3. The molecule has 5 aromatic rings. The average molecular weight is 510 g/mol. The Kier molecular flexibility index (Phi) is 5.91. The summed E-state index contributed by atoms with van der Waals surface area (Å²) in [5, 5.41) is 6.92. The van der Waals surface area contributed by atoms with Crippen LogP contribution in [-0.4, -0.2) is 5.91 Å². The van der Waals surface area contributed by atoms with Crippen molar-refractivity contribution in [1.29, 1.82) is 0 Å². The van der Waals surface area contributed by atoms with Crippen molar-refractivity contribution in [3.05, 3.63) is 155 Å². The van der Waals surface area contributed by atoms with Gasteiger partial charge in [0.15, 0.2) is 0 Å². The first-order valence-corrected chi connectivity index (χ1v) is 14.7. The molecule has 3 heteroatoms. The first-order valence-electron chi connectivity index (χ1n) is 13.3.